The number of thiophene rings is 1. The van der Waals surface area contributed by atoms with Crippen LogP contribution in [0, 0.1) is 6.92 Å². The first-order valence-corrected chi connectivity index (χ1v) is 9.21. The summed E-state index contributed by atoms with van der Waals surface area (Å²) in [6.07, 6.45) is 0. The number of aryl methyl sites for hydroxylation is 1. The van der Waals surface area contributed by atoms with E-state index >= 15 is 0 Å². The smallest absolute Gasteiger partial charge is 0.161 e. The van der Waals surface area contributed by atoms with Crippen LogP contribution in [0.5, 0.6) is 11.5 Å². The summed E-state index contributed by atoms with van der Waals surface area (Å²) in [4.78, 5) is 1.34. The summed E-state index contributed by atoms with van der Waals surface area (Å²) in [7, 11) is 1.68. The summed E-state index contributed by atoms with van der Waals surface area (Å²) in [5.74, 6) is 1.54. The molecule has 25 heavy (non-hydrogen) atoms. The molecule has 0 fully saturated rings. The van der Waals surface area contributed by atoms with E-state index in [1.54, 1.807) is 18.4 Å². The lowest BCUT2D eigenvalue weighted by atomic mass is 10.1. The molecule has 1 N–H and O–H groups in total. The maximum Gasteiger partial charge on any atom is 0.161 e. The van der Waals surface area contributed by atoms with Gasteiger partial charge in [-0.15, -0.1) is 11.3 Å². The highest BCUT2D eigenvalue weighted by molar-refractivity contribution is 7.09. The second-order valence-electron chi connectivity index (χ2n) is 5.95. The van der Waals surface area contributed by atoms with Gasteiger partial charge in [-0.1, -0.05) is 42.0 Å². The molecule has 130 valence electrons. The van der Waals surface area contributed by atoms with Gasteiger partial charge in [0.05, 0.1) is 7.11 Å². The number of nitrogens with one attached hydrogen (secondary N) is 1. The number of methoxy groups -OCH3 is 1. The molecule has 0 aliphatic rings. The van der Waals surface area contributed by atoms with Crippen LogP contribution < -0.4 is 14.8 Å². The molecular weight excluding hydrogens is 330 g/mol. The van der Waals surface area contributed by atoms with Crippen LogP contribution in [0.1, 0.15) is 21.6 Å². The average Bonchev–Trinajstić information content (AvgIpc) is 3.14. The predicted molar refractivity (Wildman–Crippen MR) is 103 cm³/mol. The summed E-state index contributed by atoms with van der Waals surface area (Å²) in [5, 5.41) is 5.55. The van der Waals surface area contributed by atoms with Gasteiger partial charge < -0.3 is 14.8 Å². The maximum atomic E-state index is 5.94. The van der Waals surface area contributed by atoms with Crippen LogP contribution in [-0.2, 0) is 19.7 Å². The van der Waals surface area contributed by atoms with Crippen molar-refractivity contribution in [3.63, 3.8) is 0 Å². The predicted octanol–water partition coefficient (Wildman–Crippen LogP) is 4.93. The molecular formula is C21H23NO2S. The van der Waals surface area contributed by atoms with Gasteiger partial charge in [0.1, 0.15) is 6.61 Å². The Kier molecular flexibility index (Phi) is 6.09. The minimum absolute atomic E-state index is 0.536. The SMILES string of the molecule is COc1cc(CNCc2cccs2)ccc1OCc1cccc(C)c1. The van der Waals surface area contributed by atoms with E-state index < -0.39 is 0 Å². The Morgan fingerprint density at radius 1 is 0.920 bits per heavy atom. The highest BCUT2D eigenvalue weighted by Crippen LogP contribution is 2.29. The van der Waals surface area contributed by atoms with Gasteiger partial charge in [0, 0.05) is 18.0 Å². The van der Waals surface area contributed by atoms with Gasteiger partial charge in [-0.3, -0.25) is 0 Å². The molecule has 3 aromatic rings. The van der Waals surface area contributed by atoms with Crippen molar-refractivity contribution in [1.29, 1.82) is 0 Å². The van der Waals surface area contributed by atoms with Crippen LogP contribution >= 0.6 is 11.3 Å². The Hall–Kier alpha value is -2.30. The molecule has 0 bridgehead atoms. The van der Waals surface area contributed by atoms with Crippen molar-refractivity contribution < 1.29 is 9.47 Å². The van der Waals surface area contributed by atoms with E-state index in [-0.39, 0.29) is 0 Å². The Bertz CT molecular complexity index is 799. The fraction of sp³-hybridized carbons (Fsp3) is 0.238. The quantitative estimate of drug-likeness (QED) is 0.622. The van der Waals surface area contributed by atoms with Gasteiger partial charge in [0.15, 0.2) is 11.5 Å². The van der Waals surface area contributed by atoms with E-state index in [4.69, 9.17) is 9.47 Å². The second kappa shape index (κ2) is 8.70. The standard InChI is InChI=1S/C21H23NO2S/c1-16-5-3-6-18(11-16)15-24-20-9-8-17(12-21(20)23-2)13-22-14-19-7-4-10-25-19/h3-12,22H,13-15H2,1-2H3. The molecule has 0 amide bonds. The van der Waals surface area contributed by atoms with Gasteiger partial charge in [-0.2, -0.15) is 0 Å². The normalized spacial score (nSPS) is 10.6. The van der Waals surface area contributed by atoms with Crippen LogP contribution in [0.3, 0.4) is 0 Å². The monoisotopic (exact) mass is 353 g/mol. The average molecular weight is 353 g/mol. The Morgan fingerprint density at radius 2 is 1.84 bits per heavy atom. The van der Waals surface area contributed by atoms with Crippen LogP contribution in [-0.4, -0.2) is 7.11 Å². The van der Waals surface area contributed by atoms with Crippen LogP contribution in [0.2, 0.25) is 0 Å². The van der Waals surface area contributed by atoms with E-state index in [1.807, 2.05) is 18.2 Å². The van der Waals surface area contributed by atoms with Crippen LogP contribution in [0.25, 0.3) is 0 Å². The van der Waals surface area contributed by atoms with Crippen molar-refractivity contribution in [3.05, 3.63) is 81.5 Å². The summed E-state index contributed by atoms with van der Waals surface area (Å²) in [5.41, 5.74) is 3.57. The van der Waals surface area contributed by atoms with Crippen molar-refractivity contribution in [3.8, 4) is 11.5 Å². The topological polar surface area (TPSA) is 30.5 Å². The lowest BCUT2D eigenvalue weighted by Crippen LogP contribution is -2.11. The summed E-state index contributed by atoms with van der Waals surface area (Å²) in [6, 6.07) is 18.7. The highest BCUT2D eigenvalue weighted by Gasteiger charge is 2.07. The maximum absolute atomic E-state index is 5.94. The fourth-order valence-corrected chi connectivity index (χ4v) is 3.32. The molecule has 0 saturated heterocycles. The van der Waals surface area contributed by atoms with Crippen molar-refractivity contribution >= 4 is 11.3 Å². The van der Waals surface area contributed by atoms with E-state index in [1.165, 1.54) is 16.0 Å². The lowest BCUT2D eigenvalue weighted by molar-refractivity contribution is 0.284. The minimum Gasteiger partial charge on any atom is -0.493 e. The third-order valence-corrected chi connectivity index (χ3v) is 4.79. The lowest BCUT2D eigenvalue weighted by Gasteiger charge is -2.13. The summed E-state index contributed by atoms with van der Waals surface area (Å²) < 4.78 is 11.4. The Balaban J connectivity index is 1.59. The molecule has 3 rings (SSSR count). The summed E-state index contributed by atoms with van der Waals surface area (Å²) in [6.45, 7) is 4.30. The first-order valence-electron chi connectivity index (χ1n) is 8.33. The molecule has 0 saturated carbocycles. The van der Waals surface area contributed by atoms with Gasteiger partial charge in [0.25, 0.3) is 0 Å². The second-order valence-corrected chi connectivity index (χ2v) is 6.98. The zero-order valence-corrected chi connectivity index (χ0v) is 15.4. The zero-order valence-electron chi connectivity index (χ0n) is 14.6. The summed E-state index contributed by atoms with van der Waals surface area (Å²) >= 11 is 1.77. The van der Waals surface area contributed by atoms with E-state index in [9.17, 15) is 0 Å². The molecule has 0 atom stereocenters. The number of hydrogen-bond donors (Lipinski definition) is 1. The Morgan fingerprint density at radius 3 is 2.60 bits per heavy atom. The van der Waals surface area contributed by atoms with Crippen LogP contribution in [0.4, 0.5) is 0 Å². The van der Waals surface area contributed by atoms with E-state index in [0.717, 1.165) is 30.2 Å². The molecule has 2 aromatic carbocycles. The molecule has 1 heterocycles. The first kappa shape index (κ1) is 17.5. The number of ether oxygens (including phenoxy) is 2. The van der Waals surface area contributed by atoms with Crippen molar-refractivity contribution in [2.45, 2.75) is 26.6 Å². The number of rotatable bonds is 8. The largest absolute Gasteiger partial charge is 0.493 e. The molecule has 0 unspecified atom stereocenters. The van der Waals surface area contributed by atoms with Crippen molar-refractivity contribution in [1.82, 2.24) is 5.32 Å². The molecule has 1 aromatic heterocycles. The Labute approximate surface area is 153 Å². The fourth-order valence-electron chi connectivity index (χ4n) is 2.65. The molecule has 3 nitrogen and oxygen atoms in total. The van der Waals surface area contributed by atoms with Gasteiger partial charge >= 0.3 is 0 Å². The van der Waals surface area contributed by atoms with Gasteiger partial charge in [0.2, 0.25) is 0 Å². The minimum atomic E-state index is 0.536. The van der Waals surface area contributed by atoms with Crippen molar-refractivity contribution in [2.24, 2.45) is 0 Å². The number of benzene rings is 2. The molecule has 4 heteroatoms. The first-order chi connectivity index (χ1) is 12.2. The van der Waals surface area contributed by atoms with Crippen molar-refractivity contribution in [2.75, 3.05) is 7.11 Å². The number of hydrogen-bond acceptors (Lipinski definition) is 4. The third-order valence-electron chi connectivity index (χ3n) is 3.91. The molecule has 0 spiro atoms. The van der Waals surface area contributed by atoms with Gasteiger partial charge in [-0.25, -0.2) is 0 Å². The molecule has 0 aliphatic carbocycles. The molecule has 0 radical (unpaired) electrons. The van der Waals surface area contributed by atoms with Crippen LogP contribution in [0.15, 0.2) is 60.0 Å². The zero-order chi connectivity index (χ0) is 17.5. The molecule has 0 aliphatic heterocycles. The third kappa shape index (κ3) is 5.08. The van der Waals surface area contributed by atoms with E-state index in [0.29, 0.717) is 6.61 Å². The highest BCUT2D eigenvalue weighted by atomic mass is 32.1. The van der Waals surface area contributed by atoms with E-state index in [2.05, 4.69) is 54.0 Å². The van der Waals surface area contributed by atoms with Gasteiger partial charge in [-0.05, 0) is 41.6 Å².